The van der Waals surface area contributed by atoms with Crippen LogP contribution in [0, 0.1) is 0 Å². The summed E-state index contributed by atoms with van der Waals surface area (Å²) in [5.74, 6) is 0. The van der Waals surface area contributed by atoms with Gasteiger partial charge in [0.1, 0.15) is 0 Å². The molecule has 0 saturated heterocycles. The topological polar surface area (TPSA) is 54.0 Å². The second-order valence-electron chi connectivity index (χ2n) is 10.8. The van der Waals surface area contributed by atoms with E-state index in [0.717, 1.165) is 96.2 Å². The summed E-state index contributed by atoms with van der Waals surface area (Å²) in [6.45, 7) is 17.9. The van der Waals surface area contributed by atoms with Crippen LogP contribution in [0.25, 0.3) is 44.4 Å². The summed E-state index contributed by atoms with van der Waals surface area (Å²) in [5, 5.41) is 0. The second-order valence-corrected chi connectivity index (χ2v) is 10.8. The van der Waals surface area contributed by atoms with Crippen molar-refractivity contribution in [1.82, 2.24) is 19.9 Å². The SMILES string of the molecule is CCC1=C(CC)c2cc3[n-]c(cc4[n-]c(cc5nc(cc1n2)C(CC)=C5CC)c(CC)c4CC)c(CC)c3CC.[Au+3].[Cl-]. The Morgan fingerprint density at radius 2 is 0.667 bits per heavy atom. The van der Waals surface area contributed by atoms with Gasteiger partial charge in [-0.15, -0.1) is 22.1 Å². The summed E-state index contributed by atoms with van der Waals surface area (Å²) in [6, 6.07) is 8.98. The van der Waals surface area contributed by atoms with Crippen LogP contribution in [0.1, 0.15) is 126 Å². The number of rotatable bonds is 8. The smallest absolute Gasteiger partial charge is 1.00 e. The maximum absolute atomic E-state index is 5.25. The van der Waals surface area contributed by atoms with Crippen LogP contribution in [0.2, 0.25) is 0 Å². The summed E-state index contributed by atoms with van der Waals surface area (Å²) in [6.07, 6.45) is 7.60. The Kier molecular flexibility index (Phi) is 11.7. The molecule has 2 aliphatic heterocycles. The zero-order chi connectivity index (χ0) is 28.6. The van der Waals surface area contributed by atoms with E-state index in [4.69, 9.17) is 19.9 Å². The predicted molar refractivity (Wildman–Crippen MR) is 171 cm³/mol. The van der Waals surface area contributed by atoms with Crippen molar-refractivity contribution in [2.45, 2.75) is 107 Å². The molecule has 3 aromatic rings. The van der Waals surface area contributed by atoms with E-state index < -0.39 is 0 Å². The molecule has 0 radical (unpaired) electrons. The van der Waals surface area contributed by atoms with Crippen molar-refractivity contribution in [3.63, 3.8) is 0 Å². The van der Waals surface area contributed by atoms with Crippen molar-refractivity contribution in [3.8, 4) is 0 Å². The molecule has 6 heteroatoms. The van der Waals surface area contributed by atoms with Crippen LogP contribution in [0.4, 0.5) is 0 Å². The molecule has 0 saturated carbocycles. The van der Waals surface area contributed by atoms with Gasteiger partial charge in [-0.05, 0) is 79.7 Å². The van der Waals surface area contributed by atoms with E-state index in [1.165, 1.54) is 44.5 Å². The number of hydrogen-bond acceptors (Lipinski definition) is 2. The van der Waals surface area contributed by atoms with Gasteiger partial charge in [0, 0.05) is 0 Å². The quantitative estimate of drug-likeness (QED) is 0.254. The zero-order valence-electron chi connectivity index (χ0n) is 26.4. The molecule has 0 atom stereocenters. The van der Waals surface area contributed by atoms with E-state index in [0.29, 0.717) is 0 Å². The minimum Gasteiger partial charge on any atom is -1.00 e. The van der Waals surface area contributed by atoms with Crippen molar-refractivity contribution in [2.75, 3.05) is 0 Å². The minimum atomic E-state index is 0. The summed E-state index contributed by atoms with van der Waals surface area (Å²) < 4.78 is 0. The van der Waals surface area contributed by atoms with Gasteiger partial charge in [-0.3, -0.25) is 0 Å². The van der Waals surface area contributed by atoms with Gasteiger partial charge in [-0.25, -0.2) is 9.97 Å². The molecule has 0 N–H and O–H groups in total. The average Bonchev–Trinajstić information content (AvgIpc) is 3.67. The van der Waals surface area contributed by atoms with Crippen LogP contribution in [0.3, 0.4) is 0 Å². The predicted octanol–water partition coefficient (Wildman–Crippen LogP) is 6.29. The maximum atomic E-state index is 5.25. The Morgan fingerprint density at radius 1 is 0.405 bits per heavy atom. The van der Waals surface area contributed by atoms with Gasteiger partial charge in [-0.1, -0.05) is 95.8 Å². The van der Waals surface area contributed by atoms with Gasteiger partial charge >= 0.3 is 22.4 Å². The standard InChI is InChI=1S/C36H44N4.Au.ClH/c1-9-21-22(10-2)30-18-32-25(13-5)26(14-6)34(39-32)20-36-28(16-8)27(15-7)35(40-36)19-33-24(12-4)23(11-3)31(38-33)17-29(21)37-30;;/h17-20H,9-16H2,1-8H3;;1H/q-2;+3;/p-1. The molecular weight excluding hydrogens is 721 g/mol. The third-order valence-electron chi connectivity index (χ3n) is 8.82. The van der Waals surface area contributed by atoms with Gasteiger partial charge in [0.25, 0.3) is 0 Å². The number of allylic oxidation sites excluding steroid dienone is 4. The second kappa shape index (κ2) is 14.4. The van der Waals surface area contributed by atoms with E-state index in [9.17, 15) is 0 Å². The molecular formula is C36H44AuClN4. The minimum absolute atomic E-state index is 0. The molecule has 8 bridgehead atoms. The van der Waals surface area contributed by atoms with Gasteiger partial charge in [0.2, 0.25) is 0 Å². The molecule has 3 aromatic heterocycles. The Balaban J connectivity index is 0.00000242. The van der Waals surface area contributed by atoms with Crippen molar-refractivity contribution in [3.05, 3.63) is 69.3 Å². The molecule has 0 aromatic carbocycles. The molecule has 226 valence electrons. The number of fused-ring (bicyclic) bond motifs is 8. The van der Waals surface area contributed by atoms with Crippen LogP contribution in [-0.4, -0.2) is 9.97 Å². The van der Waals surface area contributed by atoms with Crippen LogP contribution in [0.15, 0.2) is 24.3 Å². The van der Waals surface area contributed by atoms with Crippen molar-refractivity contribution in [1.29, 1.82) is 0 Å². The molecule has 0 spiro atoms. The first kappa shape index (κ1) is 34.1. The fraction of sp³-hybridized carbons (Fsp3) is 0.444. The van der Waals surface area contributed by atoms with Gasteiger partial charge in [0.05, 0.1) is 22.8 Å². The largest absolute Gasteiger partial charge is 3.00 e. The summed E-state index contributed by atoms with van der Waals surface area (Å²) in [4.78, 5) is 21.0. The van der Waals surface area contributed by atoms with Crippen molar-refractivity contribution in [2.24, 2.45) is 0 Å². The van der Waals surface area contributed by atoms with Crippen LogP contribution >= 0.6 is 0 Å². The number of aryl methyl sites for hydroxylation is 4. The first-order chi connectivity index (χ1) is 19.5. The van der Waals surface area contributed by atoms with E-state index in [2.05, 4.69) is 79.7 Å². The maximum Gasteiger partial charge on any atom is 3.00 e. The first-order valence-electron chi connectivity index (χ1n) is 15.6. The Bertz CT molecular complexity index is 1570. The molecule has 0 fully saturated rings. The number of aromatic nitrogens is 4. The summed E-state index contributed by atoms with van der Waals surface area (Å²) >= 11 is 0. The molecule has 0 unspecified atom stereocenters. The van der Waals surface area contributed by atoms with Crippen LogP contribution in [-0.2, 0) is 48.1 Å². The zero-order valence-corrected chi connectivity index (χ0v) is 29.4. The molecule has 0 amide bonds. The monoisotopic (exact) mass is 764 g/mol. The molecule has 5 heterocycles. The van der Waals surface area contributed by atoms with Crippen molar-refractivity contribution < 1.29 is 34.8 Å². The number of hydrogen-bond donors (Lipinski definition) is 0. The van der Waals surface area contributed by atoms with E-state index in [-0.39, 0.29) is 34.8 Å². The normalized spacial score (nSPS) is 13.0. The summed E-state index contributed by atoms with van der Waals surface area (Å²) in [5.41, 5.74) is 19.1. The fourth-order valence-electron chi connectivity index (χ4n) is 6.92. The molecule has 2 aliphatic rings. The third-order valence-corrected chi connectivity index (χ3v) is 8.82. The average molecular weight is 765 g/mol. The van der Waals surface area contributed by atoms with Crippen LogP contribution in [0.5, 0.6) is 0 Å². The van der Waals surface area contributed by atoms with Crippen LogP contribution < -0.4 is 22.4 Å². The molecule has 0 aliphatic carbocycles. The number of nitrogens with zero attached hydrogens (tertiary/aromatic N) is 4. The Labute approximate surface area is 273 Å². The van der Waals surface area contributed by atoms with E-state index in [1.807, 2.05) is 0 Å². The van der Waals surface area contributed by atoms with E-state index in [1.54, 1.807) is 0 Å². The number of halogens is 1. The molecule has 42 heavy (non-hydrogen) atoms. The van der Waals surface area contributed by atoms with Crippen molar-refractivity contribution >= 4 is 44.4 Å². The summed E-state index contributed by atoms with van der Waals surface area (Å²) in [7, 11) is 0. The van der Waals surface area contributed by atoms with Gasteiger partial charge < -0.3 is 22.4 Å². The first-order valence-corrected chi connectivity index (χ1v) is 15.6. The van der Waals surface area contributed by atoms with Gasteiger partial charge in [0.15, 0.2) is 0 Å². The third kappa shape index (κ3) is 5.76. The van der Waals surface area contributed by atoms with Gasteiger partial charge in [-0.2, -0.15) is 0 Å². The Hall–Kier alpha value is -2.37. The fourth-order valence-corrected chi connectivity index (χ4v) is 6.92. The molecule has 4 nitrogen and oxygen atoms in total. The molecule has 5 rings (SSSR count). The van der Waals surface area contributed by atoms with E-state index >= 15 is 0 Å². The Morgan fingerprint density at radius 3 is 0.929 bits per heavy atom.